The molecule has 0 fully saturated rings. The van der Waals surface area contributed by atoms with Crippen LogP contribution < -0.4 is 10.2 Å². The largest absolute Gasteiger partial charge is 0.369 e. The number of hydrogen-bond donors (Lipinski definition) is 1. The fourth-order valence-electron chi connectivity index (χ4n) is 4.34. The summed E-state index contributed by atoms with van der Waals surface area (Å²) in [5.41, 5.74) is 7.51. The molecule has 1 N–H and O–H groups in total. The molecule has 0 saturated heterocycles. The number of carbonyl (C=O) groups excluding carboxylic acids is 1. The molecule has 0 aliphatic carbocycles. The summed E-state index contributed by atoms with van der Waals surface area (Å²) in [6, 6.07) is 12.2. The Bertz CT molecular complexity index is 1070. The highest BCUT2D eigenvalue weighted by Gasteiger charge is 2.34. The van der Waals surface area contributed by atoms with Gasteiger partial charge in [0.2, 0.25) is 0 Å². The van der Waals surface area contributed by atoms with Gasteiger partial charge in [0, 0.05) is 24.0 Å². The summed E-state index contributed by atoms with van der Waals surface area (Å²) in [6.07, 6.45) is 2.77. The van der Waals surface area contributed by atoms with Crippen LogP contribution in [0.25, 0.3) is 6.08 Å². The summed E-state index contributed by atoms with van der Waals surface area (Å²) in [7, 11) is 2.14. The van der Waals surface area contributed by atoms with Crippen LogP contribution in [0.2, 0.25) is 0 Å². The predicted octanol–water partition coefficient (Wildman–Crippen LogP) is 5.88. The Hall–Kier alpha value is -3.06. The summed E-state index contributed by atoms with van der Waals surface area (Å²) in [5, 5.41) is 12.5. The monoisotopic (exact) mass is 401 g/mol. The van der Waals surface area contributed by atoms with Crippen molar-refractivity contribution in [3.63, 3.8) is 0 Å². The molecule has 4 heteroatoms. The topological polar surface area (TPSA) is 56.1 Å². The summed E-state index contributed by atoms with van der Waals surface area (Å²) in [5.74, 6) is 0.0291. The molecule has 1 unspecified atom stereocenters. The van der Waals surface area contributed by atoms with Gasteiger partial charge >= 0.3 is 0 Å². The van der Waals surface area contributed by atoms with Crippen LogP contribution in [0.3, 0.4) is 0 Å². The number of amides is 1. The molecule has 4 nitrogen and oxygen atoms in total. The van der Waals surface area contributed by atoms with Crippen LogP contribution in [-0.4, -0.2) is 18.5 Å². The van der Waals surface area contributed by atoms with Gasteiger partial charge in [0.25, 0.3) is 5.91 Å². The van der Waals surface area contributed by atoms with E-state index in [2.05, 4.69) is 56.2 Å². The Morgan fingerprint density at radius 1 is 1.20 bits per heavy atom. The Kier molecular flexibility index (Phi) is 5.76. The van der Waals surface area contributed by atoms with Crippen molar-refractivity contribution in [2.75, 3.05) is 17.3 Å². The Morgan fingerprint density at radius 2 is 1.90 bits per heavy atom. The van der Waals surface area contributed by atoms with Crippen LogP contribution in [0.1, 0.15) is 60.9 Å². The molecule has 0 spiro atoms. The van der Waals surface area contributed by atoms with Gasteiger partial charge in [0.05, 0.1) is 0 Å². The van der Waals surface area contributed by atoms with Gasteiger partial charge in [-0.3, -0.25) is 4.79 Å². The minimum Gasteiger partial charge on any atom is -0.369 e. The van der Waals surface area contributed by atoms with Crippen molar-refractivity contribution < 1.29 is 4.79 Å². The molecule has 1 aliphatic heterocycles. The molecule has 0 saturated carbocycles. The van der Waals surface area contributed by atoms with Crippen molar-refractivity contribution in [3.05, 3.63) is 63.7 Å². The first kappa shape index (κ1) is 21.6. The van der Waals surface area contributed by atoms with Crippen LogP contribution in [0.15, 0.2) is 35.9 Å². The molecule has 0 aromatic heterocycles. The van der Waals surface area contributed by atoms with Crippen molar-refractivity contribution >= 4 is 23.4 Å². The van der Waals surface area contributed by atoms with Crippen LogP contribution in [0.4, 0.5) is 11.4 Å². The molecule has 0 bridgehead atoms. The number of hydrogen-bond acceptors (Lipinski definition) is 3. The molecule has 1 amide bonds. The zero-order valence-corrected chi connectivity index (χ0v) is 19.1. The average molecular weight is 402 g/mol. The van der Waals surface area contributed by atoms with Gasteiger partial charge in [-0.25, -0.2) is 0 Å². The molecule has 30 heavy (non-hydrogen) atoms. The molecule has 0 radical (unpaired) electrons. The summed E-state index contributed by atoms with van der Waals surface area (Å²) < 4.78 is 0. The molecule has 1 aliphatic rings. The lowest BCUT2D eigenvalue weighted by molar-refractivity contribution is -0.112. The third kappa shape index (κ3) is 4.11. The quantitative estimate of drug-likeness (QED) is 0.516. The van der Waals surface area contributed by atoms with Crippen LogP contribution in [0.5, 0.6) is 0 Å². The molecule has 1 heterocycles. The van der Waals surface area contributed by atoms with Crippen LogP contribution >= 0.6 is 0 Å². The Morgan fingerprint density at radius 3 is 2.53 bits per heavy atom. The van der Waals surface area contributed by atoms with Crippen LogP contribution in [-0.2, 0) is 4.79 Å². The van der Waals surface area contributed by atoms with Gasteiger partial charge in [0.1, 0.15) is 11.6 Å². The van der Waals surface area contributed by atoms with Gasteiger partial charge in [-0.2, -0.15) is 5.26 Å². The predicted molar refractivity (Wildman–Crippen MR) is 125 cm³/mol. The standard InChI is InChI=1S/C26H31N3O/c1-16-8-9-23(18(3)10-16)28-25(30)21(15-27)12-20-13-22-19(4)14-26(5,6)29(7)24(22)11-17(20)2/h8-13,19H,14H2,1-7H3,(H,28,30)/b21-12+. The Balaban J connectivity index is 1.96. The van der Waals surface area contributed by atoms with E-state index in [4.69, 9.17) is 0 Å². The van der Waals surface area contributed by atoms with Gasteiger partial charge < -0.3 is 10.2 Å². The lowest BCUT2D eigenvalue weighted by Gasteiger charge is -2.45. The lowest BCUT2D eigenvalue weighted by Crippen LogP contribution is -2.45. The van der Waals surface area contributed by atoms with E-state index in [1.54, 1.807) is 6.08 Å². The second-order valence-electron chi connectivity index (χ2n) is 9.19. The maximum absolute atomic E-state index is 12.8. The summed E-state index contributed by atoms with van der Waals surface area (Å²) in [4.78, 5) is 15.1. The highest BCUT2D eigenvalue weighted by atomic mass is 16.1. The van der Waals surface area contributed by atoms with Crippen molar-refractivity contribution in [2.45, 2.75) is 59.4 Å². The molecule has 2 aromatic carbocycles. The first-order valence-electron chi connectivity index (χ1n) is 10.4. The number of nitrogens with one attached hydrogen (secondary N) is 1. The van der Waals surface area contributed by atoms with Crippen molar-refractivity contribution in [1.29, 1.82) is 5.26 Å². The number of fused-ring (bicyclic) bond motifs is 1. The fourth-order valence-corrected chi connectivity index (χ4v) is 4.34. The molecule has 1 atom stereocenters. The number of rotatable bonds is 3. The van der Waals surface area contributed by atoms with E-state index in [1.807, 2.05) is 39.0 Å². The van der Waals surface area contributed by atoms with Crippen molar-refractivity contribution in [2.24, 2.45) is 0 Å². The smallest absolute Gasteiger partial charge is 0.266 e. The van der Waals surface area contributed by atoms with Gasteiger partial charge in [-0.15, -0.1) is 0 Å². The second kappa shape index (κ2) is 7.99. The maximum atomic E-state index is 12.8. The summed E-state index contributed by atoms with van der Waals surface area (Å²) in [6.45, 7) is 12.8. The number of nitrogens with zero attached hydrogens (tertiary/aromatic N) is 2. The van der Waals surface area contributed by atoms with Crippen LogP contribution in [0, 0.1) is 32.1 Å². The zero-order chi connectivity index (χ0) is 22.2. The van der Waals surface area contributed by atoms with Gasteiger partial charge in [0.15, 0.2) is 0 Å². The van der Waals surface area contributed by atoms with E-state index >= 15 is 0 Å². The second-order valence-corrected chi connectivity index (χ2v) is 9.19. The minimum atomic E-state index is -0.382. The fraction of sp³-hybridized carbons (Fsp3) is 0.385. The highest BCUT2D eigenvalue weighted by Crippen LogP contribution is 2.43. The first-order valence-corrected chi connectivity index (χ1v) is 10.4. The minimum absolute atomic E-state index is 0.0970. The molecular formula is C26H31N3O. The van der Waals surface area contributed by atoms with Crippen molar-refractivity contribution in [3.8, 4) is 6.07 Å². The normalized spacial score (nSPS) is 17.9. The lowest BCUT2D eigenvalue weighted by atomic mass is 9.79. The molecular weight excluding hydrogens is 370 g/mol. The third-order valence-corrected chi connectivity index (χ3v) is 6.32. The number of benzene rings is 2. The van der Waals surface area contributed by atoms with E-state index in [-0.39, 0.29) is 17.0 Å². The number of nitriles is 1. The van der Waals surface area contributed by atoms with Gasteiger partial charge in [-0.05, 0) is 93.5 Å². The zero-order valence-electron chi connectivity index (χ0n) is 19.1. The summed E-state index contributed by atoms with van der Waals surface area (Å²) >= 11 is 0. The molecule has 2 aromatic rings. The number of aryl methyl sites for hydroxylation is 3. The highest BCUT2D eigenvalue weighted by molar-refractivity contribution is 6.10. The SMILES string of the molecule is Cc1ccc(NC(=O)/C(C#N)=C/c2cc3c(cc2C)N(C)C(C)(C)CC3C)c(C)c1. The van der Waals surface area contributed by atoms with E-state index in [9.17, 15) is 10.1 Å². The maximum Gasteiger partial charge on any atom is 0.266 e. The Labute approximate surface area is 180 Å². The molecule has 156 valence electrons. The average Bonchev–Trinajstić information content (AvgIpc) is 2.66. The van der Waals surface area contributed by atoms with Gasteiger partial charge in [-0.1, -0.05) is 24.6 Å². The number of carbonyl (C=O) groups is 1. The first-order chi connectivity index (χ1) is 14.0. The molecule has 3 rings (SSSR count). The van der Waals surface area contributed by atoms with E-state index in [0.717, 1.165) is 34.4 Å². The number of anilines is 2. The third-order valence-electron chi connectivity index (χ3n) is 6.32. The van der Waals surface area contributed by atoms with Crippen molar-refractivity contribution in [1.82, 2.24) is 0 Å². The van der Waals surface area contributed by atoms with E-state index < -0.39 is 0 Å². The van der Waals surface area contributed by atoms with E-state index in [0.29, 0.717) is 5.92 Å². The van der Waals surface area contributed by atoms with E-state index in [1.165, 1.54) is 11.3 Å².